The molecule has 0 saturated heterocycles. The molecule has 0 spiro atoms. The number of ether oxygens (including phenoxy) is 2. The van der Waals surface area contributed by atoms with Crippen LogP contribution in [0.3, 0.4) is 0 Å². The summed E-state index contributed by atoms with van der Waals surface area (Å²) in [6, 6.07) is 16.4. The van der Waals surface area contributed by atoms with Gasteiger partial charge in [0.25, 0.3) is 5.91 Å². The summed E-state index contributed by atoms with van der Waals surface area (Å²) < 4.78 is 35.6. The maximum atomic E-state index is 12.4. The van der Waals surface area contributed by atoms with Crippen LogP contribution in [0.25, 0.3) is 0 Å². The Kier molecular flexibility index (Phi) is 7.20. The lowest BCUT2D eigenvalue weighted by Crippen LogP contribution is -2.14. The number of amides is 1. The molecule has 3 aromatic rings. The van der Waals surface area contributed by atoms with Gasteiger partial charge in [0, 0.05) is 23.2 Å². The number of hydrogen-bond donors (Lipinski definition) is 1. The molecule has 0 unspecified atom stereocenters. The molecule has 0 radical (unpaired) electrons. The van der Waals surface area contributed by atoms with E-state index >= 15 is 0 Å². The first-order valence-electron chi connectivity index (χ1n) is 8.90. The molecule has 1 heterocycles. The number of carbonyl (C=O) groups excluding carboxylic acids is 1. The van der Waals surface area contributed by atoms with Gasteiger partial charge in [-0.1, -0.05) is 22.0 Å². The third-order valence-electron chi connectivity index (χ3n) is 4.04. The molecule has 0 saturated carbocycles. The lowest BCUT2D eigenvalue weighted by Gasteiger charge is -2.08. The van der Waals surface area contributed by atoms with Crippen molar-refractivity contribution in [1.29, 1.82) is 0 Å². The first-order valence-corrected chi connectivity index (χ1v) is 11.3. The number of methoxy groups -OCH3 is 1. The largest absolute Gasteiger partial charge is 0.439 e. The van der Waals surface area contributed by atoms with Gasteiger partial charge in [-0.05, 0) is 48.5 Å². The van der Waals surface area contributed by atoms with E-state index in [4.69, 9.17) is 9.47 Å². The lowest BCUT2D eigenvalue weighted by atomic mass is 10.2. The summed E-state index contributed by atoms with van der Waals surface area (Å²) in [5.74, 6) is 0.527. The van der Waals surface area contributed by atoms with Crippen LogP contribution in [0.5, 0.6) is 11.6 Å². The number of rotatable bonds is 8. The highest BCUT2D eigenvalue weighted by Crippen LogP contribution is 2.23. The van der Waals surface area contributed by atoms with Crippen LogP contribution in [0.15, 0.2) is 76.2 Å². The molecule has 2 aromatic carbocycles. The Hall–Kier alpha value is -2.75. The third kappa shape index (κ3) is 5.88. The number of sulfone groups is 1. The number of benzene rings is 2. The molecule has 9 heteroatoms. The molecule has 30 heavy (non-hydrogen) atoms. The van der Waals surface area contributed by atoms with E-state index in [2.05, 4.69) is 26.2 Å². The smallest absolute Gasteiger partial charge is 0.255 e. The van der Waals surface area contributed by atoms with Crippen molar-refractivity contribution in [2.45, 2.75) is 4.90 Å². The monoisotopic (exact) mass is 490 g/mol. The maximum absolute atomic E-state index is 12.4. The van der Waals surface area contributed by atoms with Gasteiger partial charge in [0.2, 0.25) is 5.88 Å². The van der Waals surface area contributed by atoms with E-state index in [1.54, 1.807) is 18.2 Å². The van der Waals surface area contributed by atoms with Gasteiger partial charge in [-0.25, -0.2) is 13.4 Å². The zero-order valence-electron chi connectivity index (χ0n) is 16.0. The van der Waals surface area contributed by atoms with E-state index < -0.39 is 9.84 Å². The molecule has 1 N–H and O–H groups in total. The van der Waals surface area contributed by atoms with Crippen LogP contribution < -0.4 is 10.1 Å². The molecule has 156 valence electrons. The SMILES string of the molecule is COCCS(=O)(=O)c1ccc(C(=O)Nc2ccc(Oc3cccc(Br)c3)nc2)cc1. The summed E-state index contributed by atoms with van der Waals surface area (Å²) in [5.41, 5.74) is 0.813. The van der Waals surface area contributed by atoms with Gasteiger partial charge < -0.3 is 14.8 Å². The topological polar surface area (TPSA) is 94.6 Å². The molecule has 0 atom stereocenters. The van der Waals surface area contributed by atoms with Crippen LogP contribution in [0.4, 0.5) is 5.69 Å². The van der Waals surface area contributed by atoms with E-state index in [1.165, 1.54) is 37.6 Å². The van der Waals surface area contributed by atoms with Gasteiger partial charge in [-0.15, -0.1) is 0 Å². The minimum atomic E-state index is -3.44. The summed E-state index contributed by atoms with van der Waals surface area (Å²) >= 11 is 3.38. The van der Waals surface area contributed by atoms with Crippen molar-refractivity contribution in [2.24, 2.45) is 0 Å². The van der Waals surface area contributed by atoms with E-state index in [9.17, 15) is 13.2 Å². The highest BCUT2D eigenvalue weighted by Gasteiger charge is 2.15. The Balaban J connectivity index is 1.63. The normalized spacial score (nSPS) is 11.1. The van der Waals surface area contributed by atoms with Crippen molar-refractivity contribution in [2.75, 3.05) is 24.8 Å². The molecule has 7 nitrogen and oxygen atoms in total. The van der Waals surface area contributed by atoms with Gasteiger partial charge in [-0.3, -0.25) is 4.79 Å². The molecule has 0 bridgehead atoms. The molecule has 1 aromatic heterocycles. The summed E-state index contributed by atoms with van der Waals surface area (Å²) in [7, 11) is -2.00. The molecule has 0 aliphatic heterocycles. The number of nitrogens with zero attached hydrogens (tertiary/aromatic N) is 1. The van der Waals surface area contributed by atoms with Crippen LogP contribution in [-0.4, -0.2) is 38.8 Å². The fourth-order valence-corrected chi connectivity index (χ4v) is 4.04. The zero-order chi connectivity index (χ0) is 21.6. The molecular weight excluding hydrogens is 472 g/mol. The second-order valence-corrected chi connectivity index (χ2v) is 9.26. The standard InChI is InChI=1S/C21H19BrN2O5S/c1-28-11-12-30(26,27)19-8-5-15(6-9-19)21(25)24-17-7-10-20(23-14-17)29-18-4-2-3-16(22)13-18/h2-10,13-14H,11-12H2,1H3,(H,24,25). The fourth-order valence-electron chi connectivity index (χ4n) is 2.49. The Morgan fingerprint density at radius 1 is 1.10 bits per heavy atom. The lowest BCUT2D eigenvalue weighted by molar-refractivity contribution is 0.102. The Morgan fingerprint density at radius 2 is 1.87 bits per heavy atom. The van der Waals surface area contributed by atoms with Crippen molar-refractivity contribution >= 4 is 37.4 Å². The summed E-state index contributed by atoms with van der Waals surface area (Å²) in [6.07, 6.45) is 1.48. The van der Waals surface area contributed by atoms with Crippen LogP contribution >= 0.6 is 15.9 Å². The molecule has 1 amide bonds. The second kappa shape index (κ2) is 9.84. The van der Waals surface area contributed by atoms with Crippen molar-refractivity contribution in [3.05, 3.63) is 76.9 Å². The van der Waals surface area contributed by atoms with Gasteiger partial charge in [0.1, 0.15) is 5.75 Å². The quantitative estimate of drug-likeness (QED) is 0.505. The van der Waals surface area contributed by atoms with Crippen molar-refractivity contribution < 1.29 is 22.7 Å². The molecule has 0 aliphatic rings. The Morgan fingerprint density at radius 3 is 2.50 bits per heavy atom. The van der Waals surface area contributed by atoms with Crippen LogP contribution in [-0.2, 0) is 14.6 Å². The minimum Gasteiger partial charge on any atom is -0.439 e. The fraction of sp³-hybridized carbons (Fsp3) is 0.143. The molecular formula is C21H19BrN2O5S. The average molecular weight is 491 g/mol. The number of nitrogens with one attached hydrogen (secondary N) is 1. The number of hydrogen-bond acceptors (Lipinski definition) is 6. The predicted octanol–water partition coefficient (Wildman–Crippen LogP) is 4.31. The number of halogens is 1. The zero-order valence-corrected chi connectivity index (χ0v) is 18.4. The number of anilines is 1. The number of pyridine rings is 1. The molecule has 3 rings (SSSR count). The van der Waals surface area contributed by atoms with E-state index in [0.29, 0.717) is 22.9 Å². The summed E-state index contributed by atoms with van der Waals surface area (Å²) in [5, 5.41) is 2.72. The van der Waals surface area contributed by atoms with Gasteiger partial charge in [0.15, 0.2) is 9.84 Å². The first-order chi connectivity index (χ1) is 14.4. The second-order valence-electron chi connectivity index (χ2n) is 6.23. The number of aromatic nitrogens is 1. The maximum Gasteiger partial charge on any atom is 0.255 e. The highest BCUT2D eigenvalue weighted by atomic mass is 79.9. The Labute approximate surface area is 183 Å². The van der Waals surface area contributed by atoms with Gasteiger partial charge >= 0.3 is 0 Å². The minimum absolute atomic E-state index is 0.110. The van der Waals surface area contributed by atoms with E-state index in [-0.39, 0.29) is 23.2 Å². The van der Waals surface area contributed by atoms with Crippen LogP contribution in [0, 0.1) is 0 Å². The Bertz CT molecular complexity index is 1120. The summed E-state index contributed by atoms with van der Waals surface area (Å²) in [4.78, 5) is 16.7. The first kappa shape index (κ1) is 21.9. The van der Waals surface area contributed by atoms with Gasteiger partial charge in [0.05, 0.1) is 29.1 Å². The third-order valence-corrected chi connectivity index (χ3v) is 6.23. The molecule has 0 fully saturated rings. The average Bonchev–Trinajstić information content (AvgIpc) is 2.74. The van der Waals surface area contributed by atoms with E-state index in [0.717, 1.165) is 4.47 Å². The van der Waals surface area contributed by atoms with Gasteiger partial charge in [-0.2, -0.15) is 0 Å². The highest BCUT2D eigenvalue weighted by molar-refractivity contribution is 9.10. The summed E-state index contributed by atoms with van der Waals surface area (Å²) in [6.45, 7) is 0.110. The van der Waals surface area contributed by atoms with Crippen LogP contribution in [0.2, 0.25) is 0 Å². The van der Waals surface area contributed by atoms with E-state index in [1.807, 2.05) is 18.2 Å². The van der Waals surface area contributed by atoms with Crippen LogP contribution in [0.1, 0.15) is 10.4 Å². The van der Waals surface area contributed by atoms with Crippen molar-refractivity contribution in [3.8, 4) is 11.6 Å². The molecule has 0 aliphatic carbocycles. The number of carbonyl (C=O) groups is 1. The van der Waals surface area contributed by atoms with Crippen molar-refractivity contribution in [1.82, 2.24) is 4.98 Å². The predicted molar refractivity (Wildman–Crippen MR) is 117 cm³/mol. The van der Waals surface area contributed by atoms with Crippen molar-refractivity contribution in [3.63, 3.8) is 0 Å².